The van der Waals surface area contributed by atoms with Crippen molar-refractivity contribution in [1.82, 2.24) is 0 Å². The van der Waals surface area contributed by atoms with Crippen molar-refractivity contribution in [2.75, 3.05) is 0 Å². The number of rotatable bonds is 2. The van der Waals surface area contributed by atoms with Gasteiger partial charge in [0.25, 0.3) is 0 Å². The largest absolute Gasteiger partial charge is 0.205 e. The van der Waals surface area contributed by atoms with Crippen LogP contribution < -0.4 is 0 Å². The van der Waals surface area contributed by atoms with Crippen LogP contribution in [0.2, 0.25) is 5.02 Å². The van der Waals surface area contributed by atoms with Crippen LogP contribution in [0.3, 0.4) is 0 Å². The molecular formula is C15H17ClFN. The van der Waals surface area contributed by atoms with E-state index in [1.807, 2.05) is 0 Å². The first-order valence-electron chi connectivity index (χ1n) is 6.57. The fraction of sp³-hybridized carbons (Fsp3) is 0.533. The normalized spacial score (nSPS) is 18.9. The van der Waals surface area contributed by atoms with Crippen molar-refractivity contribution in [1.29, 1.82) is 5.26 Å². The lowest BCUT2D eigenvalue weighted by atomic mass is 9.82. The fourth-order valence-corrected chi connectivity index (χ4v) is 3.02. The maximum Gasteiger partial charge on any atom is 0.146 e. The average Bonchev–Trinajstić information content (AvgIpc) is 2.64. The average molecular weight is 266 g/mol. The van der Waals surface area contributed by atoms with E-state index in [-0.39, 0.29) is 16.9 Å². The third-order valence-corrected chi connectivity index (χ3v) is 4.12. The van der Waals surface area contributed by atoms with Crippen LogP contribution in [-0.2, 0) is 0 Å². The first kappa shape index (κ1) is 13.4. The molecule has 0 spiro atoms. The Morgan fingerprint density at radius 2 is 1.89 bits per heavy atom. The van der Waals surface area contributed by atoms with Crippen LogP contribution in [0.15, 0.2) is 18.2 Å². The topological polar surface area (TPSA) is 23.8 Å². The molecule has 0 aromatic heterocycles. The van der Waals surface area contributed by atoms with E-state index in [1.54, 1.807) is 12.1 Å². The molecule has 0 heterocycles. The minimum atomic E-state index is -0.421. The molecule has 0 amide bonds. The number of hydrogen-bond acceptors (Lipinski definition) is 1. The van der Waals surface area contributed by atoms with Gasteiger partial charge in [-0.05, 0) is 24.8 Å². The molecule has 0 aliphatic heterocycles. The van der Waals surface area contributed by atoms with Crippen molar-refractivity contribution in [2.24, 2.45) is 5.92 Å². The zero-order valence-corrected chi connectivity index (χ0v) is 11.1. The third kappa shape index (κ3) is 2.84. The van der Waals surface area contributed by atoms with Gasteiger partial charge in [0.15, 0.2) is 0 Å². The van der Waals surface area contributed by atoms with E-state index in [4.69, 9.17) is 11.6 Å². The standard InChI is InChI=1S/C15H17ClFN/c16-14-9-5-8-12(15(14)17)13(10-18)11-6-3-1-2-4-7-11/h5,8-9,11,13H,1-4,6-7H2. The maximum absolute atomic E-state index is 14.0. The van der Waals surface area contributed by atoms with Gasteiger partial charge in [-0.3, -0.25) is 0 Å². The van der Waals surface area contributed by atoms with Gasteiger partial charge in [0, 0.05) is 5.56 Å². The van der Waals surface area contributed by atoms with Crippen molar-refractivity contribution < 1.29 is 4.39 Å². The predicted octanol–water partition coefficient (Wildman–Crippen LogP) is 5.06. The van der Waals surface area contributed by atoms with Gasteiger partial charge in [0.05, 0.1) is 17.0 Å². The van der Waals surface area contributed by atoms with E-state index in [9.17, 15) is 9.65 Å². The quantitative estimate of drug-likeness (QED) is 0.686. The summed E-state index contributed by atoms with van der Waals surface area (Å²) in [6.45, 7) is 0. The van der Waals surface area contributed by atoms with Crippen molar-refractivity contribution in [2.45, 2.75) is 44.4 Å². The van der Waals surface area contributed by atoms with Gasteiger partial charge in [-0.15, -0.1) is 0 Å². The van der Waals surface area contributed by atoms with Crippen LogP contribution in [0.5, 0.6) is 0 Å². The van der Waals surface area contributed by atoms with E-state index in [2.05, 4.69) is 6.07 Å². The Hall–Kier alpha value is -1.07. The monoisotopic (exact) mass is 265 g/mol. The summed E-state index contributed by atoms with van der Waals surface area (Å²) in [5.74, 6) is -0.512. The summed E-state index contributed by atoms with van der Waals surface area (Å²) in [7, 11) is 0. The molecule has 0 bridgehead atoms. The van der Waals surface area contributed by atoms with Crippen LogP contribution >= 0.6 is 11.6 Å². The van der Waals surface area contributed by atoms with Crippen LogP contribution in [0.25, 0.3) is 0 Å². The van der Waals surface area contributed by atoms with Gasteiger partial charge in [0.2, 0.25) is 0 Å². The summed E-state index contributed by atoms with van der Waals surface area (Å²) in [6.07, 6.45) is 6.78. The van der Waals surface area contributed by atoms with Crippen LogP contribution in [-0.4, -0.2) is 0 Å². The molecular weight excluding hydrogens is 249 g/mol. The van der Waals surface area contributed by atoms with Crippen LogP contribution in [0, 0.1) is 23.1 Å². The molecule has 0 N–H and O–H groups in total. The molecule has 0 radical (unpaired) electrons. The highest BCUT2D eigenvalue weighted by atomic mass is 35.5. The Morgan fingerprint density at radius 1 is 1.22 bits per heavy atom. The first-order valence-corrected chi connectivity index (χ1v) is 6.95. The van der Waals surface area contributed by atoms with E-state index < -0.39 is 5.82 Å². The highest BCUT2D eigenvalue weighted by Crippen LogP contribution is 2.36. The lowest BCUT2D eigenvalue weighted by molar-refractivity contribution is 0.415. The summed E-state index contributed by atoms with van der Waals surface area (Å²) >= 11 is 5.80. The molecule has 2 rings (SSSR count). The molecule has 96 valence electrons. The van der Waals surface area contributed by atoms with Gasteiger partial charge in [-0.25, -0.2) is 4.39 Å². The van der Waals surface area contributed by atoms with Gasteiger partial charge in [-0.2, -0.15) is 5.26 Å². The molecule has 1 aliphatic rings. The Balaban J connectivity index is 2.27. The summed E-state index contributed by atoms with van der Waals surface area (Å²) in [5, 5.41) is 9.49. The van der Waals surface area contributed by atoms with Crippen molar-refractivity contribution in [3.05, 3.63) is 34.6 Å². The smallest absolute Gasteiger partial charge is 0.146 e. The summed E-state index contributed by atoms with van der Waals surface area (Å²) in [6, 6.07) is 7.23. The Bertz CT molecular complexity index is 444. The predicted molar refractivity (Wildman–Crippen MR) is 71.0 cm³/mol. The second-order valence-electron chi connectivity index (χ2n) is 5.00. The Morgan fingerprint density at radius 3 is 2.50 bits per heavy atom. The van der Waals surface area contributed by atoms with Gasteiger partial charge in [0.1, 0.15) is 5.82 Å². The van der Waals surface area contributed by atoms with Gasteiger partial charge >= 0.3 is 0 Å². The number of hydrogen-bond donors (Lipinski definition) is 0. The van der Waals surface area contributed by atoms with Crippen molar-refractivity contribution in [3.8, 4) is 6.07 Å². The zero-order chi connectivity index (χ0) is 13.0. The highest BCUT2D eigenvalue weighted by Gasteiger charge is 2.26. The van der Waals surface area contributed by atoms with E-state index >= 15 is 0 Å². The number of nitriles is 1. The highest BCUT2D eigenvalue weighted by molar-refractivity contribution is 6.30. The molecule has 1 nitrogen and oxygen atoms in total. The second-order valence-corrected chi connectivity index (χ2v) is 5.41. The maximum atomic E-state index is 14.0. The molecule has 18 heavy (non-hydrogen) atoms. The lowest BCUT2D eigenvalue weighted by Crippen LogP contribution is -2.12. The van der Waals surface area contributed by atoms with Crippen LogP contribution in [0.1, 0.15) is 50.0 Å². The molecule has 1 aliphatic carbocycles. The minimum absolute atomic E-state index is 0.112. The van der Waals surface area contributed by atoms with Crippen molar-refractivity contribution >= 4 is 11.6 Å². The van der Waals surface area contributed by atoms with Crippen molar-refractivity contribution in [3.63, 3.8) is 0 Å². The molecule has 3 heteroatoms. The number of halogens is 2. The number of nitrogens with zero attached hydrogens (tertiary/aromatic N) is 1. The molecule has 1 atom stereocenters. The molecule has 1 fully saturated rings. The minimum Gasteiger partial charge on any atom is -0.205 e. The van der Waals surface area contributed by atoms with Gasteiger partial charge in [-0.1, -0.05) is 49.4 Å². The Labute approximate surface area is 113 Å². The molecule has 1 unspecified atom stereocenters. The molecule has 1 saturated carbocycles. The lowest BCUT2D eigenvalue weighted by Gasteiger charge is -2.21. The van der Waals surface area contributed by atoms with E-state index in [0.717, 1.165) is 25.7 Å². The van der Waals surface area contributed by atoms with Crippen LogP contribution in [0.4, 0.5) is 4.39 Å². The zero-order valence-electron chi connectivity index (χ0n) is 10.3. The fourth-order valence-electron chi connectivity index (χ4n) is 2.83. The molecule has 1 aromatic rings. The molecule has 0 saturated heterocycles. The molecule has 1 aromatic carbocycles. The second kappa shape index (κ2) is 6.20. The first-order chi connectivity index (χ1) is 8.74. The summed E-state index contributed by atoms with van der Waals surface area (Å²) in [5.41, 5.74) is 0.469. The van der Waals surface area contributed by atoms with Gasteiger partial charge < -0.3 is 0 Å². The summed E-state index contributed by atoms with van der Waals surface area (Å²) in [4.78, 5) is 0. The van der Waals surface area contributed by atoms with E-state index in [0.29, 0.717) is 5.56 Å². The SMILES string of the molecule is N#CC(c1cccc(Cl)c1F)C1CCCCCC1. The third-order valence-electron chi connectivity index (χ3n) is 3.83. The number of benzene rings is 1. The van der Waals surface area contributed by atoms with E-state index in [1.165, 1.54) is 18.9 Å². The summed E-state index contributed by atoms with van der Waals surface area (Å²) < 4.78 is 14.0. The Kier molecular flexibility index (Phi) is 4.60.